The van der Waals surface area contributed by atoms with Crippen LogP contribution in [0.4, 0.5) is 0 Å². The van der Waals surface area contributed by atoms with E-state index < -0.39 is 0 Å². The summed E-state index contributed by atoms with van der Waals surface area (Å²) in [5.74, 6) is 0.179. The largest absolute Gasteiger partial charge is 0.342 e. The fourth-order valence-electron chi connectivity index (χ4n) is 2.47. The van der Waals surface area contributed by atoms with Gasteiger partial charge in [0.2, 0.25) is 5.91 Å². The third kappa shape index (κ3) is 3.43. The molecule has 1 amide bonds. The van der Waals surface area contributed by atoms with E-state index in [1.54, 1.807) is 0 Å². The number of Topliss-reactive ketones (excluding diaryl/α,β-unsaturated/α-hetero) is 1. The Morgan fingerprint density at radius 3 is 2.58 bits per heavy atom. The van der Waals surface area contributed by atoms with Crippen LogP contribution in [-0.4, -0.2) is 29.7 Å². The smallest absolute Gasteiger partial charge is 0.222 e. The van der Waals surface area contributed by atoms with E-state index in [1.165, 1.54) is 0 Å². The minimum Gasteiger partial charge on any atom is -0.342 e. The maximum absolute atomic E-state index is 12.3. The Morgan fingerprint density at radius 2 is 1.95 bits per heavy atom. The second-order valence-electron chi connectivity index (χ2n) is 5.43. The lowest BCUT2D eigenvalue weighted by molar-refractivity contribution is -0.133. The third-order valence-electron chi connectivity index (χ3n) is 3.70. The average Bonchev–Trinajstić information content (AvgIpc) is 2.41. The Balaban J connectivity index is 1.99. The van der Waals surface area contributed by atoms with E-state index in [9.17, 15) is 9.59 Å². The van der Waals surface area contributed by atoms with Gasteiger partial charge in [0, 0.05) is 31.0 Å². The van der Waals surface area contributed by atoms with Crippen molar-refractivity contribution < 1.29 is 9.59 Å². The van der Waals surface area contributed by atoms with Crippen molar-refractivity contribution in [3.63, 3.8) is 0 Å². The minimum absolute atomic E-state index is 0.123. The van der Waals surface area contributed by atoms with Crippen LogP contribution in [0.25, 0.3) is 0 Å². The van der Waals surface area contributed by atoms with Crippen molar-refractivity contribution in [3.8, 4) is 0 Å². The first-order valence-corrected chi connectivity index (χ1v) is 6.96. The van der Waals surface area contributed by atoms with Crippen molar-refractivity contribution >= 4 is 11.7 Å². The predicted molar refractivity (Wildman–Crippen MR) is 75.1 cm³/mol. The van der Waals surface area contributed by atoms with Crippen molar-refractivity contribution in [2.24, 2.45) is 5.92 Å². The molecule has 19 heavy (non-hydrogen) atoms. The number of benzene rings is 1. The maximum atomic E-state index is 12.3. The van der Waals surface area contributed by atoms with Gasteiger partial charge in [0.05, 0.1) is 0 Å². The second kappa shape index (κ2) is 6.00. The summed E-state index contributed by atoms with van der Waals surface area (Å²) < 4.78 is 0. The molecule has 102 valence electrons. The fourth-order valence-corrected chi connectivity index (χ4v) is 2.47. The van der Waals surface area contributed by atoms with Crippen LogP contribution in [0, 0.1) is 12.8 Å². The van der Waals surface area contributed by atoms with Crippen LogP contribution in [-0.2, 0) is 4.79 Å². The van der Waals surface area contributed by atoms with Gasteiger partial charge in [0.15, 0.2) is 5.78 Å². The molecule has 2 rings (SSSR count). The zero-order chi connectivity index (χ0) is 13.8. The van der Waals surface area contributed by atoms with Crippen molar-refractivity contribution in [2.75, 3.05) is 13.1 Å². The van der Waals surface area contributed by atoms with Crippen molar-refractivity contribution in [2.45, 2.75) is 33.1 Å². The summed E-state index contributed by atoms with van der Waals surface area (Å²) >= 11 is 0. The van der Waals surface area contributed by atoms with Crippen molar-refractivity contribution in [3.05, 3.63) is 35.4 Å². The lowest BCUT2D eigenvalue weighted by Gasteiger charge is -2.28. The van der Waals surface area contributed by atoms with E-state index in [-0.39, 0.29) is 17.6 Å². The molecular weight excluding hydrogens is 238 g/mol. The van der Waals surface area contributed by atoms with Crippen LogP contribution in [0.3, 0.4) is 0 Å². The molecular formula is C16H21NO2. The number of likely N-dealkylation sites (tertiary alicyclic amines) is 1. The zero-order valence-corrected chi connectivity index (χ0v) is 11.7. The van der Waals surface area contributed by atoms with Gasteiger partial charge in [-0.15, -0.1) is 0 Å². The molecule has 3 nitrogen and oxygen atoms in total. The Morgan fingerprint density at radius 1 is 1.26 bits per heavy atom. The van der Waals surface area contributed by atoms with E-state index in [0.717, 1.165) is 30.5 Å². The Labute approximate surface area is 114 Å². The quantitative estimate of drug-likeness (QED) is 0.780. The highest BCUT2D eigenvalue weighted by molar-refractivity contribution is 5.98. The van der Waals surface area contributed by atoms with Crippen molar-refractivity contribution in [1.29, 1.82) is 0 Å². The first-order chi connectivity index (χ1) is 9.08. The van der Waals surface area contributed by atoms with Crippen molar-refractivity contribution in [1.82, 2.24) is 4.90 Å². The molecule has 1 fully saturated rings. The molecule has 1 aromatic rings. The molecule has 1 saturated heterocycles. The highest BCUT2D eigenvalue weighted by atomic mass is 16.2. The minimum atomic E-state index is -0.134. The standard InChI is InChI=1S/C16H21NO2/c1-12-6-8-14(9-7-12)16(19)13(2)11-17-10-4-3-5-15(17)18/h6-9,13H,3-5,10-11H2,1-2H3. The summed E-state index contributed by atoms with van der Waals surface area (Å²) in [5.41, 5.74) is 1.89. The molecule has 0 N–H and O–H groups in total. The molecule has 1 aromatic carbocycles. The van der Waals surface area contributed by atoms with E-state index in [1.807, 2.05) is 43.0 Å². The molecule has 0 bridgehead atoms. The highest BCUT2D eigenvalue weighted by Crippen LogP contribution is 2.16. The number of carbonyl (C=O) groups is 2. The van der Waals surface area contributed by atoms with E-state index in [2.05, 4.69) is 0 Å². The molecule has 0 spiro atoms. The normalized spacial score (nSPS) is 17.4. The monoisotopic (exact) mass is 259 g/mol. The van der Waals surface area contributed by atoms with Gasteiger partial charge in [-0.3, -0.25) is 9.59 Å². The van der Waals surface area contributed by atoms with Crippen LogP contribution in [0.1, 0.15) is 42.1 Å². The summed E-state index contributed by atoms with van der Waals surface area (Å²) in [4.78, 5) is 25.9. The lowest BCUT2D eigenvalue weighted by atomic mass is 9.97. The molecule has 0 saturated carbocycles. The third-order valence-corrected chi connectivity index (χ3v) is 3.70. The van der Waals surface area contributed by atoms with Crippen LogP contribution in [0.5, 0.6) is 0 Å². The molecule has 1 heterocycles. The van der Waals surface area contributed by atoms with Gasteiger partial charge in [-0.1, -0.05) is 36.8 Å². The SMILES string of the molecule is Cc1ccc(C(=O)C(C)CN2CCCCC2=O)cc1. The number of carbonyl (C=O) groups excluding carboxylic acids is 2. The second-order valence-corrected chi connectivity index (χ2v) is 5.43. The number of ketones is 1. The number of hydrogen-bond donors (Lipinski definition) is 0. The van der Waals surface area contributed by atoms with Gasteiger partial charge in [-0.25, -0.2) is 0 Å². The first kappa shape index (κ1) is 13.8. The van der Waals surface area contributed by atoms with Crippen LogP contribution >= 0.6 is 0 Å². The van der Waals surface area contributed by atoms with Crippen LogP contribution < -0.4 is 0 Å². The van der Waals surface area contributed by atoms with Gasteiger partial charge in [0.25, 0.3) is 0 Å². The summed E-state index contributed by atoms with van der Waals surface area (Å²) in [6.45, 7) is 5.25. The lowest BCUT2D eigenvalue weighted by Crippen LogP contribution is -2.39. The molecule has 0 aliphatic carbocycles. The molecule has 1 aliphatic heterocycles. The molecule has 3 heteroatoms. The fraction of sp³-hybridized carbons (Fsp3) is 0.500. The number of nitrogens with zero attached hydrogens (tertiary/aromatic N) is 1. The van der Waals surface area contributed by atoms with E-state index in [4.69, 9.17) is 0 Å². The van der Waals surface area contributed by atoms with Gasteiger partial charge >= 0.3 is 0 Å². The Bertz CT molecular complexity index is 464. The number of piperidine rings is 1. The molecule has 0 aromatic heterocycles. The first-order valence-electron chi connectivity index (χ1n) is 6.96. The van der Waals surface area contributed by atoms with Gasteiger partial charge < -0.3 is 4.90 Å². The van der Waals surface area contributed by atoms with Gasteiger partial charge in [-0.05, 0) is 19.8 Å². The van der Waals surface area contributed by atoms with E-state index >= 15 is 0 Å². The van der Waals surface area contributed by atoms with Gasteiger partial charge in [-0.2, -0.15) is 0 Å². The number of hydrogen-bond acceptors (Lipinski definition) is 2. The predicted octanol–water partition coefficient (Wildman–Crippen LogP) is 2.83. The molecule has 1 atom stereocenters. The van der Waals surface area contributed by atoms with Crippen LogP contribution in [0.2, 0.25) is 0 Å². The number of amides is 1. The number of aryl methyl sites for hydroxylation is 1. The van der Waals surface area contributed by atoms with Gasteiger partial charge in [0.1, 0.15) is 0 Å². The highest BCUT2D eigenvalue weighted by Gasteiger charge is 2.23. The summed E-state index contributed by atoms with van der Waals surface area (Å²) in [6, 6.07) is 7.64. The topological polar surface area (TPSA) is 37.4 Å². The summed E-state index contributed by atoms with van der Waals surface area (Å²) in [7, 11) is 0. The van der Waals surface area contributed by atoms with Crippen LogP contribution in [0.15, 0.2) is 24.3 Å². The maximum Gasteiger partial charge on any atom is 0.222 e. The van der Waals surface area contributed by atoms with E-state index in [0.29, 0.717) is 13.0 Å². The zero-order valence-electron chi connectivity index (χ0n) is 11.7. The summed E-state index contributed by atoms with van der Waals surface area (Å²) in [5, 5.41) is 0. The summed E-state index contributed by atoms with van der Waals surface area (Å²) in [6.07, 6.45) is 2.66. The molecule has 0 radical (unpaired) electrons. The molecule has 1 unspecified atom stereocenters. The Kier molecular flexibility index (Phi) is 4.35. The average molecular weight is 259 g/mol. The number of rotatable bonds is 4. The molecule has 1 aliphatic rings. The Hall–Kier alpha value is -1.64.